The van der Waals surface area contributed by atoms with Crippen molar-refractivity contribution < 1.29 is 9.53 Å². The lowest BCUT2D eigenvalue weighted by atomic mass is 10.2. The predicted molar refractivity (Wildman–Crippen MR) is 119 cm³/mol. The van der Waals surface area contributed by atoms with E-state index in [4.69, 9.17) is 16.3 Å². The van der Waals surface area contributed by atoms with Gasteiger partial charge in [-0.2, -0.15) is 0 Å². The summed E-state index contributed by atoms with van der Waals surface area (Å²) in [6, 6.07) is 11.9. The minimum Gasteiger partial charge on any atom is -0.379 e. The molecule has 5 nitrogen and oxygen atoms in total. The Hall–Kier alpha value is -1.77. The maximum atomic E-state index is 12.9. The number of benzene rings is 1. The van der Waals surface area contributed by atoms with Crippen molar-refractivity contribution in [2.45, 2.75) is 13.0 Å². The molecular weight excluding hydrogens is 426 g/mol. The van der Waals surface area contributed by atoms with Gasteiger partial charge in [-0.05, 0) is 30.5 Å². The summed E-state index contributed by atoms with van der Waals surface area (Å²) >= 11 is 9.11. The summed E-state index contributed by atoms with van der Waals surface area (Å²) in [7, 11) is 0. The molecule has 1 saturated heterocycles. The van der Waals surface area contributed by atoms with Crippen molar-refractivity contribution in [2.24, 2.45) is 0 Å². The van der Waals surface area contributed by atoms with Crippen molar-refractivity contribution in [3.63, 3.8) is 0 Å². The van der Waals surface area contributed by atoms with Crippen LogP contribution in [0.5, 0.6) is 0 Å². The highest BCUT2D eigenvalue weighted by atomic mass is 35.5. The minimum absolute atomic E-state index is 0.0740. The highest BCUT2D eigenvalue weighted by Crippen LogP contribution is 2.29. The number of nitrogens with zero attached hydrogens (tertiary/aromatic N) is 2. The molecule has 1 fully saturated rings. The van der Waals surface area contributed by atoms with Gasteiger partial charge >= 0.3 is 0 Å². The lowest BCUT2D eigenvalue weighted by Gasteiger charge is -2.34. The van der Waals surface area contributed by atoms with Gasteiger partial charge < -0.3 is 10.1 Å². The van der Waals surface area contributed by atoms with Gasteiger partial charge in [-0.3, -0.25) is 9.69 Å². The van der Waals surface area contributed by atoms with Gasteiger partial charge in [0.1, 0.15) is 9.88 Å². The Morgan fingerprint density at radius 1 is 1.28 bits per heavy atom. The molecule has 1 N–H and O–H groups in total. The Morgan fingerprint density at radius 2 is 2.03 bits per heavy atom. The van der Waals surface area contributed by atoms with E-state index < -0.39 is 0 Å². The maximum Gasteiger partial charge on any atom is 0.263 e. The Morgan fingerprint density at radius 3 is 2.72 bits per heavy atom. The number of morpholine rings is 1. The summed E-state index contributed by atoms with van der Waals surface area (Å²) in [5.41, 5.74) is 1.71. The minimum atomic E-state index is -0.0740. The molecule has 3 heterocycles. The molecule has 1 unspecified atom stereocenters. The number of carbonyl (C=O) groups is 1. The molecule has 152 valence electrons. The highest BCUT2D eigenvalue weighted by Gasteiger charge is 2.25. The molecule has 1 amide bonds. The quantitative estimate of drug-likeness (QED) is 0.598. The molecule has 29 heavy (non-hydrogen) atoms. The van der Waals surface area contributed by atoms with Gasteiger partial charge in [0.15, 0.2) is 0 Å². The van der Waals surface area contributed by atoms with Gasteiger partial charge in [0.2, 0.25) is 0 Å². The monoisotopic (exact) mass is 447 g/mol. The molecule has 1 aliphatic heterocycles. The first-order valence-electron chi connectivity index (χ1n) is 9.48. The van der Waals surface area contributed by atoms with E-state index in [0.29, 0.717) is 16.4 Å². The zero-order valence-electron chi connectivity index (χ0n) is 16.1. The van der Waals surface area contributed by atoms with Crippen LogP contribution in [-0.2, 0) is 4.74 Å². The average Bonchev–Trinajstić information content (AvgIpc) is 3.40. The third kappa shape index (κ3) is 4.87. The number of amides is 1. The average molecular weight is 448 g/mol. The summed E-state index contributed by atoms with van der Waals surface area (Å²) in [6.07, 6.45) is 0. The Bertz CT molecular complexity index is 951. The van der Waals surface area contributed by atoms with E-state index in [1.165, 1.54) is 16.2 Å². The van der Waals surface area contributed by atoms with Crippen LogP contribution in [-0.4, -0.2) is 48.6 Å². The molecule has 0 radical (unpaired) electrons. The molecule has 2 aromatic heterocycles. The third-order valence-electron chi connectivity index (χ3n) is 4.91. The van der Waals surface area contributed by atoms with Crippen LogP contribution in [0, 0.1) is 6.92 Å². The molecule has 0 bridgehead atoms. The zero-order valence-corrected chi connectivity index (χ0v) is 18.4. The number of nitrogens with one attached hydrogen (secondary N) is 1. The third-order valence-corrected chi connectivity index (χ3v) is 7.34. The Labute approximate surface area is 183 Å². The van der Waals surface area contributed by atoms with Gasteiger partial charge in [-0.25, -0.2) is 4.98 Å². The van der Waals surface area contributed by atoms with E-state index in [2.05, 4.69) is 32.7 Å². The summed E-state index contributed by atoms with van der Waals surface area (Å²) in [5.74, 6) is -0.0740. The fraction of sp³-hybridized carbons (Fsp3) is 0.333. The lowest BCUT2D eigenvalue weighted by molar-refractivity contribution is 0.0169. The van der Waals surface area contributed by atoms with Crippen LogP contribution >= 0.6 is 34.3 Å². The number of ether oxygens (including phenoxy) is 1. The molecule has 0 aliphatic carbocycles. The Balaban J connectivity index is 1.47. The van der Waals surface area contributed by atoms with E-state index in [9.17, 15) is 4.79 Å². The van der Waals surface area contributed by atoms with E-state index in [0.717, 1.165) is 42.6 Å². The number of hydrogen-bond acceptors (Lipinski definition) is 6. The number of thiazole rings is 1. The van der Waals surface area contributed by atoms with Crippen molar-refractivity contribution in [3.05, 3.63) is 62.2 Å². The first kappa shape index (κ1) is 20.5. The molecule has 0 spiro atoms. The second-order valence-corrected chi connectivity index (χ2v) is 9.24. The number of halogens is 1. The van der Waals surface area contributed by atoms with Crippen LogP contribution in [0.2, 0.25) is 5.02 Å². The number of rotatable bonds is 6. The van der Waals surface area contributed by atoms with Crippen molar-refractivity contribution in [1.82, 2.24) is 15.2 Å². The molecule has 1 aliphatic rings. The van der Waals surface area contributed by atoms with Gasteiger partial charge in [0.05, 0.1) is 24.9 Å². The smallest absolute Gasteiger partial charge is 0.263 e. The topological polar surface area (TPSA) is 54.5 Å². The van der Waals surface area contributed by atoms with Crippen LogP contribution in [0.15, 0.2) is 41.8 Å². The number of thiophene rings is 1. The van der Waals surface area contributed by atoms with Crippen LogP contribution in [0.1, 0.15) is 26.3 Å². The zero-order chi connectivity index (χ0) is 20.2. The highest BCUT2D eigenvalue weighted by molar-refractivity contribution is 7.17. The van der Waals surface area contributed by atoms with Gasteiger partial charge in [-0.15, -0.1) is 22.7 Å². The van der Waals surface area contributed by atoms with Gasteiger partial charge in [-0.1, -0.05) is 29.8 Å². The second-order valence-electron chi connectivity index (χ2n) is 6.83. The first-order valence-corrected chi connectivity index (χ1v) is 11.6. The Kier molecular flexibility index (Phi) is 6.62. The molecule has 4 rings (SSSR count). The van der Waals surface area contributed by atoms with Crippen molar-refractivity contribution in [1.29, 1.82) is 0 Å². The standard InChI is InChI=1S/C21H22ClN3O2S2/c1-14-19(29-21(24-14)15-4-6-16(22)7-5-15)20(26)23-13-17(18-3-2-12-28-18)25-8-10-27-11-9-25/h2-7,12,17H,8-11,13H2,1H3,(H,23,26). The van der Waals surface area contributed by atoms with Crippen LogP contribution < -0.4 is 5.32 Å². The molecular formula is C21H22ClN3O2S2. The molecule has 8 heteroatoms. The first-order chi connectivity index (χ1) is 14.1. The fourth-order valence-corrected chi connectivity index (χ4v) is 5.35. The van der Waals surface area contributed by atoms with E-state index >= 15 is 0 Å². The van der Waals surface area contributed by atoms with Crippen molar-refractivity contribution in [3.8, 4) is 10.6 Å². The molecule has 0 saturated carbocycles. The second kappa shape index (κ2) is 9.36. The fourth-order valence-electron chi connectivity index (χ4n) is 3.37. The molecule has 3 aromatic rings. The maximum absolute atomic E-state index is 12.9. The van der Waals surface area contributed by atoms with Crippen LogP contribution in [0.25, 0.3) is 10.6 Å². The number of aromatic nitrogens is 1. The molecule has 1 aromatic carbocycles. The summed E-state index contributed by atoms with van der Waals surface area (Å²) in [4.78, 5) is 21.8. The number of hydrogen-bond donors (Lipinski definition) is 1. The summed E-state index contributed by atoms with van der Waals surface area (Å²) in [6.45, 7) is 5.65. The van der Waals surface area contributed by atoms with Gasteiger partial charge in [0, 0.05) is 35.1 Å². The van der Waals surface area contributed by atoms with E-state index in [1.807, 2.05) is 31.2 Å². The SMILES string of the molecule is Cc1nc(-c2ccc(Cl)cc2)sc1C(=O)NCC(c1cccs1)N1CCOCC1. The van der Waals surface area contributed by atoms with E-state index in [1.54, 1.807) is 11.3 Å². The predicted octanol–water partition coefficient (Wildman–Crippen LogP) is 4.64. The van der Waals surface area contributed by atoms with Crippen molar-refractivity contribution >= 4 is 40.2 Å². The summed E-state index contributed by atoms with van der Waals surface area (Å²) in [5, 5.41) is 6.72. The normalized spacial score (nSPS) is 15.9. The summed E-state index contributed by atoms with van der Waals surface area (Å²) < 4.78 is 5.49. The lowest BCUT2D eigenvalue weighted by Crippen LogP contribution is -2.43. The molecule has 1 atom stereocenters. The van der Waals surface area contributed by atoms with E-state index in [-0.39, 0.29) is 11.9 Å². The largest absolute Gasteiger partial charge is 0.379 e. The van der Waals surface area contributed by atoms with Crippen LogP contribution in [0.4, 0.5) is 0 Å². The number of carbonyl (C=O) groups excluding carboxylic acids is 1. The van der Waals surface area contributed by atoms with Crippen LogP contribution in [0.3, 0.4) is 0 Å². The van der Waals surface area contributed by atoms with Gasteiger partial charge in [0.25, 0.3) is 5.91 Å². The van der Waals surface area contributed by atoms with Crippen molar-refractivity contribution in [2.75, 3.05) is 32.8 Å². The number of aryl methyl sites for hydroxylation is 1.